The number of rotatable bonds is 9. The molecule has 2 aromatic rings. The minimum atomic E-state index is -4.80. The summed E-state index contributed by atoms with van der Waals surface area (Å²) < 4.78 is 35.1. The van der Waals surface area contributed by atoms with Crippen molar-refractivity contribution in [2.45, 2.75) is 74.9 Å². The fraction of sp³-hybridized carbons (Fsp3) is 0.737. The Bertz CT molecular complexity index is 1180. The van der Waals surface area contributed by atoms with Crippen LogP contribution in [0.25, 0.3) is 5.65 Å². The second-order valence-electron chi connectivity index (χ2n) is 9.45. The maximum atomic E-state index is 11.9. The van der Waals surface area contributed by atoms with Crippen molar-refractivity contribution in [2.24, 2.45) is 0 Å². The van der Waals surface area contributed by atoms with Crippen LogP contribution in [0.1, 0.15) is 62.1 Å². The number of aliphatic hydroxyl groups excluding tert-OH is 2. The standard InChI is InChI=1S/C19H29N5O9P2/c25-14-13(8-32-35(30,31)9-34(27,28)29)33-16(15(14)26)12-7-20-19-18(21-11-3-1-2-4-11)22-17(10-5-6-10)23-24(12)19/h7,10-11,13-16,25-26H,1-6,8-9H2,(H,30,31)(H,21,22,23)(H2,27,28,29). The fourth-order valence-corrected chi connectivity index (χ4v) is 7.15. The zero-order chi connectivity index (χ0) is 25.0. The number of ether oxygens (including phenoxy) is 1. The molecule has 3 aliphatic rings. The minimum absolute atomic E-state index is 0.243. The molecule has 16 heteroatoms. The highest BCUT2D eigenvalue weighted by molar-refractivity contribution is 7.70. The highest BCUT2D eigenvalue weighted by atomic mass is 31.2. The quantitative estimate of drug-likeness (QED) is 0.247. The number of hydrogen-bond acceptors (Lipinski definition) is 10. The van der Waals surface area contributed by atoms with Crippen LogP contribution in [-0.2, 0) is 18.4 Å². The fourth-order valence-electron chi connectivity index (χ4n) is 4.58. The molecule has 14 nitrogen and oxygen atoms in total. The van der Waals surface area contributed by atoms with E-state index in [9.17, 15) is 24.2 Å². The van der Waals surface area contributed by atoms with Crippen LogP contribution in [0.4, 0.5) is 5.82 Å². The lowest BCUT2D eigenvalue weighted by Crippen LogP contribution is -2.33. The molecule has 5 unspecified atom stereocenters. The van der Waals surface area contributed by atoms with Crippen molar-refractivity contribution < 1.29 is 43.3 Å². The molecule has 0 aromatic carbocycles. The molecule has 2 aromatic heterocycles. The summed E-state index contributed by atoms with van der Waals surface area (Å²) >= 11 is 0. The van der Waals surface area contributed by atoms with E-state index in [1.807, 2.05) is 0 Å². The van der Waals surface area contributed by atoms with Gasteiger partial charge in [-0.15, -0.1) is 0 Å². The Labute approximate surface area is 200 Å². The van der Waals surface area contributed by atoms with Gasteiger partial charge in [0.25, 0.3) is 0 Å². The summed E-state index contributed by atoms with van der Waals surface area (Å²) in [6.45, 7) is -0.657. The molecule has 0 bridgehead atoms. The zero-order valence-electron chi connectivity index (χ0n) is 18.8. The van der Waals surface area contributed by atoms with Gasteiger partial charge in [0.15, 0.2) is 23.2 Å². The molecule has 194 valence electrons. The largest absolute Gasteiger partial charge is 0.387 e. The number of imidazole rings is 1. The molecule has 1 saturated heterocycles. The van der Waals surface area contributed by atoms with E-state index in [1.54, 1.807) is 4.52 Å². The van der Waals surface area contributed by atoms with Crippen LogP contribution in [0, 0.1) is 0 Å². The van der Waals surface area contributed by atoms with Crippen molar-refractivity contribution in [1.29, 1.82) is 0 Å². The van der Waals surface area contributed by atoms with Gasteiger partial charge in [0.05, 0.1) is 18.5 Å². The number of hydrogen-bond donors (Lipinski definition) is 6. The second-order valence-corrected chi connectivity index (χ2v) is 13.4. The molecule has 6 N–H and O–H groups in total. The normalized spacial score (nSPS) is 29.6. The first-order chi connectivity index (χ1) is 16.5. The van der Waals surface area contributed by atoms with Crippen molar-refractivity contribution in [3.8, 4) is 0 Å². The molecule has 3 fully saturated rings. The predicted octanol–water partition coefficient (Wildman–Crippen LogP) is 0.855. The lowest BCUT2D eigenvalue weighted by Gasteiger charge is -2.18. The molecule has 0 amide bonds. The summed E-state index contributed by atoms with van der Waals surface area (Å²) in [6.07, 6.45) is 2.61. The first kappa shape index (κ1) is 25.2. The summed E-state index contributed by atoms with van der Waals surface area (Å²) in [7, 11) is -9.45. The topological polar surface area (TPSA) is 209 Å². The Morgan fingerprint density at radius 1 is 1.11 bits per heavy atom. The lowest BCUT2D eigenvalue weighted by atomic mass is 10.1. The number of anilines is 1. The zero-order valence-corrected chi connectivity index (χ0v) is 20.5. The highest BCUT2D eigenvalue weighted by Crippen LogP contribution is 2.55. The van der Waals surface area contributed by atoms with Gasteiger partial charge in [0.2, 0.25) is 0 Å². The van der Waals surface area contributed by atoms with E-state index in [1.165, 1.54) is 6.20 Å². The molecule has 2 aliphatic carbocycles. The van der Waals surface area contributed by atoms with Gasteiger partial charge in [-0.1, -0.05) is 12.8 Å². The minimum Gasteiger partial charge on any atom is -0.387 e. The molecule has 5 rings (SSSR count). The van der Waals surface area contributed by atoms with Crippen LogP contribution in [0.3, 0.4) is 0 Å². The van der Waals surface area contributed by atoms with Crippen LogP contribution < -0.4 is 5.32 Å². The van der Waals surface area contributed by atoms with Gasteiger partial charge in [-0.3, -0.25) is 9.13 Å². The van der Waals surface area contributed by atoms with E-state index < -0.39 is 52.1 Å². The Hall–Kier alpha value is -1.47. The van der Waals surface area contributed by atoms with E-state index in [2.05, 4.69) is 15.4 Å². The maximum absolute atomic E-state index is 11.9. The van der Waals surface area contributed by atoms with Crippen LogP contribution >= 0.6 is 15.2 Å². The van der Waals surface area contributed by atoms with Gasteiger partial charge in [0.1, 0.15) is 24.4 Å². The van der Waals surface area contributed by atoms with Gasteiger partial charge in [-0.05, 0) is 25.7 Å². The van der Waals surface area contributed by atoms with Gasteiger partial charge in [0, 0.05) is 12.0 Å². The smallest absolute Gasteiger partial charge is 0.340 e. The van der Waals surface area contributed by atoms with Crippen molar-refractivity contribution >= 4 is 26.7 Å². The number of nitrogens with one attached hydrogen (secondary N) is 1. The molecule has 0 spiro atoms. The Morgan fingerprint density at radius 2 is 1.83 bits per heavy atom. The van der Waals surface area contributed by atoms with Crippen molar-refractivity contribution in [2.75, 3.05) is 17.8 Å². The van der Waals surface area contributed by atoms with Crippen LogP contribution in [0.15, 0.2) is 6.20 Å². The third kappa shape index (κ3) is 5.61. The second kappa shape index (κ2) is 9.44. The predicted molar refractivity (Wildman–Crippen MR) is 121 cm³/mol. The molecule has 0 radical (unpaired) electrons. The van der Waals surface area contributed by atoms with E-state index >= 15 is 0 Å². The van der Waals surface area contributed by atoms with Gasteiger partial charge < -0.3 is 39.5 Å². The van der Waals surface area contributed by atoms with E-state index in [4.69, 9.17) is 24.0 Å². The van der Waals surface area contributed by atoms with Crippen LogP contribution in [-0.4, -0.2) is 81.3 Å². The average Bonchev–Trinajstić information content (AvgIpc) is 3.21. The molecule has 1 aliphatic heterocycles. The Balaban J connectivity index is 1.38. The number of fused-ring (bicyclic) bond motifs is 1. The number of aliphatic hydroxyl groups is 2. The lowest BCUT2D eigenvalue weighted by molar-refractivity contribution is -0.0204. The van der Waals surface area contributed by atoms with Crippen LogP contribution in [0.5, 0.6) is 0 Å². The molecular formula is C19H29N5O9P2. The van der Waals surface area contributed by atoms with Crippen molar-refractivity contribution in [1.82, 2.24) is 19.6 Å². The molecule has 5 atom stereocenters. The number of nitrogens with zero attached hydrogens (tertiary/aromatic N) is 4. The summed E-state index contributed by atoms with van der Waals surface area (Å²) in [4.78, 5) is 36.7. The monoisotopic (exact) mass is 533 g/mol. The van der Waals surface area contributed by atoms with Crippen molar-refractivity contribution in [3.05, 3.63) is 17.7 Å². The van der Waals surface area contributed by atoms with Gasteiger partial charge >= 0.3 is 15.2 Å². The van der Waals surface area contributed by atoms with Gasteiger partial charge in [-0.25, -0.2) is 14.5 Å². The third-order valence-electron chi connectivity index (χ3n) is 6.50. The Morgan fingerprint density at radius 3 is 2.49 bits per heavy atom. The summed E-state index contributed by atoms with van der Waals surface area (Å²) in [5, 5.41) is 29.2. The molecular weight excluding hydrogens is 504 g/mol. The molecule has 2 saturated carbocycles. The molecule has 35 heavy (non-hydrogen) atoms. The van der Waals surface area contributed by atoms with E-state index in [0.29, 0.717) is 29.0 Å². The highest BCUT2D eigenvalue weighted by Gasteiger charge is 2.46. The van der Waals surface area contributed by atoms with Crippen LogP contribution in [0.2, 0.25) is 0 Å². The Kier molecular flexibility index (Phi) is 6.79. The SMILES string of the molecule is O=P(O)(O)CP(=O)(O)OCC1OC(c2cnc3c(NC4CCCC4)nc(C4CC4)nn23)C(O)C1O. The maximum Gasteiger partial charge on any atom is 0.340 e. The summed E-state index contributed by atoms with van der Waals surface area (Å²) in [6, 6.07) is 0.292. The van der Waals surface area contributed by atoms with E-state index in [0.717, 1.165) is 38.5 Å². The number of aromatic nitrogens is 4. The third-order valence-corrected chi connectivity index (χ3v) is 9.96. The average molecular weight is 533 g/mol. The van der Waals surface area contributed by atoms with Gasteiger partial charge in [-0.2, -0.15) is 5.10 Å². The van der Waals surface area contributed by atoms with Crippen molar-refractivity contribution in [3.63, 3.8) is 0 Å². The summed E-state index contributed by atoms with van der Waals surface area (Å²) in [5.41, 5.74) is 0.831. The van der Waals surface area contributed by atoms with E-state index in [-0.39, 0.29) is 5.92 Å². The molecule has 3 heterocycles. The first-order valence-electron chi connectivity index (χ1n) is 11.6. The summed E-state index contributed by atoms with van der Waals surface area (Å²) in [5.74, 6) is 0.141. The first-order valence-corrected chi connectivity index (χ1v) is 15.1.